The van der Waals surface area contributed by atoms with Crippen molar-refractivity contribution in [2.45, 2.75) is 0 Å². The lowest BCUT2D eigenvalue weighted by atomic mass is 10.4. The van der Waals surface area contributed by atoms with Gasteiger partial charge in [-0.05, 0) is 94.7 Å². The summed E-state index contributed by atoms with van der Waals surface area (Å²) in [5.74, 6) is 287. The zero-order chi connectivity index (χ0) is 84.0. The summed E-state index contributed by atoms with van der Waals surface area (Å²) < 4.78 is 0. The summed E-state index contributed by atoms with van der Waals surface area (Å²) in [5.41, 5.74) is 0. The fraction of sp³-hybridized carbons (Fsp3) is 0. The maximum atomic E-state index is 6.59. The Morgan fingerprint density at radius 3 is 0.153 bits per heavy atom. The van der Waals surface area contributed by atoms with Gasteiger partial charge in [0.2, 0.25) is 0 Å². The molecule has 0 saturated carbocycles. The van der Waals surface area contributed by atoms with Crippen molar-refractivity contribution < 1.29 is 0 Å². The van der Waals surface area contributed by atoms with Crippen LogP contribution in [-0.2, 0) is 0 Å². The van der Waals surface area contributed by atoms with Gasteiger partial charge >= 0.3 is 0 Å². The molecule has 474 valence electrons. The van der Waals surface area contributed by atoms with Crippen LogP contribution < -0.4 is 0 Å². The molecular formula is C118H-. The Morgan fingerprint density at radius 2 is 0.110 bits per heavy atom. The minimum absolute atomic E-state index is 1.87. The molecule has 0 unspecified atom stereocenters. The van der Waals surface area contributed by atoms with E-state index in [4.69, 9.17) is 12.8 Å². The third-order valence-corrected chi connectivity index (χ3v) is 7.20. The number of rotatable bonds is 0. The average Bonchev–Trinajstić information content (AvgIpc) is 2.20. The van der Waals surface area contributed by atoms with E-state index in [1.165, 1.54) is 0 Å². The van der Waals surface area contributed by atoms with E-state index in [0.717, 1.165) is 0 Å². The molecule has 118 heavy (non-hydrogen) atoms. The van der Waals surface area contributed by atoms with E-state index >= 15 is 0 Å². The fourth-order valence-electron chi connectivity index (χ4n) is 3.57. The number of hydrogen-bond donors (Lipinski definition) is 0. The molecule has 0 aliphatic rings. The third-order valence-electron chi connectivity index (χ3n) is 7.20. The molecule has 0 bridgehead atoms. The highest BCUT2D eigenvalue weighted by Gasteiger charge is 1.69. The molecule has 0 nitrogen and oxygen atoms in total. The number of hydrogen-bond acceptors (Lipinski definition) is 0. The normalized spacial score (nSPS) is 3.95. The highest BCUT2D eigenvalue weighted by molar-refractivity contribution is 5.58. The van der Waals surface area contributed by atoms with Crippen LogP contribution in [0.15, 0.2) is 0 Å². The molecular weight excluding hydrogens is 1420 g/mol. The van der Waals surface area contributed by atoms with Crippen LogP contribution in [0.25, 0.3) is 0 Å². The highest BCUT2D eigenvalue weighted by Crippen LogP contribution is 1.69. The molecule has 0 spiro atoms. The summed E-state index contributed by atoms with van der Waals surface area (Å²) in [4.78, 5) is 0. The monoisotopic (exact) mass is 1420 g/mol. The largest absolute Gasteiger partial charge is 0.358 e. The summed E-state index contributed by atoms with van der Waals surface area (Å²) in [6.45, 7) is 0. The van der Waals surface area contributed by atoms with E-state index < -0.39 is 0 Å². The van der Waals surface area contributed by atoms with Crippen LogP contribution in [0.5, 0.6) is 0 Å². The topological polar surface area (TPSA) is 0 Å². The molecule has 0 rings (SSSR count). The van der Waals surface area contributed by atoms with Gasteiger partial charge < -0.3 is 6.42 Å². The van der Waals surface area contributed by atoms with E-state index in [1.54, 1.807) is 0 Å². The van der Waals surface area contributed by atoms with E-state index in [-0.39, 0.29) is 0 Å². The summed E-state index contributed by atoms with van der Waals surface area (Å²) >= 11 is 0. The Bertz CT molecular complexity index is 7900. The molecule has 0 radical (unpaired) electrons. The van der Waals surface area contributed by atoms with Crippen LogP contribution in [0, 0.1) is 700 Å². The van der Waals surface area contributed by atoms with E-state index in [9.17, 15) is 0 Å². The van der Waals surface area contributed by atoms with Gasteiger partial charge in [0.15, 0.2) is 0 Å². The zero-order valence-electron chi connectivity index (χ0n) is 59.1. The van der Waals surface area contributed by atoms with Gasteiger partial charge in [0.25, 0.3) is 0 Å². The maximum Gasteiger partial charge on any atom is 0 e. The van der Waals surface area contributed by atoms with Gasteiger partial charge in [-0.3, -0.25) is 5.92 Å². The van der Waals surface area contributed by atoms with Crippen molar-refractivity contribution in [1.82, 2.24) is 0 Å². The second-order valence-electron chi connectivity index (χ2n) is 14.5. The van der Waals surface area contributed by atoms with Crippen LogP contribution in [0.4, 0.5) is 0 Å². The predicted octanol–water partition coefficient (Wildman–Crippen LogP) is 0.403. The fourth-order valence-corrected chi connectivity index (χ4v) is 3.57. The number of terminal acetylenes is 1. The van der Waals surface area contributed by atoms with E-state index in [1.807, 2.05) is 5.92 Å². The second kappa shape index (κ2) is 91.0. The van der Waals surface area contributed by atoms with Gasteiger partial charge in [0.05, 0.1) is 0 Å². The first-order valence-electron chi connectivity index (χ1n) is 29.3. The van der Waals surface area contributed by atoms with Crippen LogP contribution in [-0.4, -0.2) is 0 Å². The first-order chi connectivity index (χ1) is 58.9. The quantitative estimate of drug-likeness (QED) is 0.244. The minimum Gasteiger partial charge on any atom is -0.358 e. The first kappa shape index (κ1) is 92.0. The smallest absolute Gasteiger partial charge is 0 e. The molecule has 0 aromatic rings. The van der Waals surface area contributed by atoms with Crippen molar-refractivity contribution in [2.75, 3.05) is 0 Å². The molecule has 0 aromatic heterocycles. The van der Waals surface area contributed by atoms with Gasteiger partial charge in [-0.1, -0.05) is 0 Å². The Kier molecular flexibility index (Phi) is 71.0. The van der Waals surface area contributed by atoms with Crippen molar-refractivity contribution in [3.05, 3.63) is 6.42 Å². The van der Waals surface area contributed by atoms with Gasteiger partial charge in [-0.15, -0.1) is 12.3 Å². The van der Waals surface area contributed by atoms with Gasteiger partial charge in [0.1, 0.15) is 0 Å². The van der Waals surface area contributed by atoms with E-state index in [2.05, 4.69) is 681 Å². The van der Waals surface area contributed by atoms with Gasteiger partial charge in [-0.25, -0.2) is 5.92 Å². The Balaban J connectivity index is 4.65. The Hall–Kier alpha value is -26.0. The standard InChI is InChI=1S/C118H/c1-3-5-7-9-11-13-15-17-19-21-23-25-27-29-31-33-35-37-39-41-43-45-47-49-51-53-55-57-59-61-63-65-67-69-71-73-75-77-79-81-83-85-87-89-91-93-95-97-99-101-103-105-107-109-111-113-115-117-118-116-114-112-110-108-106-104-102-100-98-96-94-92-90-88-86-84-82-80-78-76-74-72-70-68-66-64-62-60-58-56-54-52-50-48-46-44-42-40-38-36-34-32-30-28-26-24-22-20-18-16-14-12-10-8-6-4-2/h1H/q-1. The van der Waals surface area contributed by atoms with Crippen LogP contribution in [0.2, 0.25) is 0 Å². The lowest BCUT2D eigenvalue weighted by Crippen LogP contribution is -1.57. The summed E-state index contributed by atoms with van der Waals surface area (Å²) in [5, 5.41) is 0. The van der Waals surface area contributed by atoms with Gasteiger partial charge in [-0.2, -0.15) is 0 Å². The molecule has 0 heterocycles. The van der Waals surface area contributed by atoms with E-state index in [0.29, 0.717) is 0 Å². The zero-order valence-corrected chi connectivity index (χ0v) is 59.1. The summed E-state index contributed by atoms with van der Waals surface area (Å²) in [7, 11) is 0. The van der Waals surface area contributed by atoms with Crippen LogP contribution in [0.1, 0.15) is 0 Å². The SMILES string of the molecule is [C-]#CC#CC#CC#CC#CC#CC#CC#CC#CC#CC#CC#CC#CC#CC#CC#CC#CC#CC#CC#CC#CC#CC#CC#CC#CC#CC#CC#CC#CC#CC#CC#CC#CC#CC#CC#CC#CC#CC#CC#CC#CC#CC#CC#CC#CC#CC#CC#CC#CC#CC#CC#CC#CC#CC#CC#CC#CC#CC#C. The first-order valence-corrected chi connectivity index (χ1v) is 29.3. The lowest BCUT2D eigenvalue weighted by molar-refractivity contribution is 2.31. The molecule has 0 atom stereocenters. The Morgan fingerprint density at radius 1 is 0.0678 bits per heavy atom. The predicted molar refractivity (Wildman–Crippen MR) is 459 cm³/mol. The van der Waals surface area contributed by atoms with Crippen LogP contribution in [0.3, 0.4) is 0 Å². The van der Waals surface area contributed by atoms with Gasteiger partial charge in [0, 0.05) is 574 Å². The van der Waals surface area contributed by atoms with Crippen LogP contribution >= 0.6 is 0 Å². The summed E-state index contributed by atoms with van der Waals surface area (Å²) in [6.07, 6.45) is 11.5. The highest BCUT2D eigenvalue weighted by atomic mass is 13.7. The lowest BCUT2D eigenvalue weighted by Gasteiger charge is -1.63. The molecule has 0 fully saturated rings. The minimum atomic E-state index is 1.87. The van der Waals surface area contributed by atoms with Crippen molar-refractivity contribution in [3.8, 4) is 693 Å². The molecule has 0 saturated heterocycles. The molecule has 0 amide bonds. The molecule has 0 heteroatoms. The molecule has 0 aliphatic heterocycles. The maximum absolute atomic E-state index is 6.59. The Labute approximate surface area is 694 Å². The second-order valence-corrected chi connectivity index (χ2v) is 14.5. The summed E-state index contributed by atoms with van der Waals surface area (Å²) in [6, 6.07) is 0. The molecule has 0 N–H and O–H groups in total. The van der Waals surface area contributed by atoms with Crippen molar-refractivity contribution in [2.24, 2.45) is 0 Å². The van der Waals surface area contributed by atoms with Crippen molar-refractivity contribution in [1.29, 1.82) is 0 Å². The molecule has 0 aromatic carbocycles. The van der Waals surface area contributed by atoms with Crippen molar-refractivity contribution >= 4 is 0 Å². The molecule has 0 aliphatic carbocycles. The average molecular weight is 1420 g/mol. The van der Waals surface area contributed by atoms with Crippen molar-refractivity contribution in [3.63, 3.8) is 0 Å². The third kappa shape index (κ3) is 90.0.